The number of halogens is 1. The number of aromatic nitrogens is 4. The van der Waals surface area contributed by atoms with Gasteiger partial charge in [0.05, 0.1) is 12.0 Å². The largest absolute Gasteiger partial charge is 0.305 e. The van der Waals surface area contributed by atoms with Crippen LogP contribution in [0.3, 0.4) is 0 Å². The Kier molecular flexibility index (Phi) is 5.98. The number of carbonyl (C=O) groups is 1. The Balaban J connectivity index is 1.56. The number of nitrogens with zero attached hydrogens (tertiary/aromatic N) is 5. The first-order valence-corrected chi connectivity index (χ1v) is 9.00. The molecule has 0 spiro atoms. The molecule has 0 saturated heterocycles. The van der Waals surface area contributed by atoms with Crippen molar-refractivity contribution in [1.82, 2.24) is 25.2 Å². The molecule has 7 nitrogen and oxygen atoms in total. The molecule has 0 radical (unpaired) electrons. The van der Waals surface area contributed by atoms with Crippen LogP contribution in [0.25, 0.3) is 11.4 Å². The third-order valence-electron chi connectivity index (χ3n) is 3.36. The highest BCUT2D eigenvalue weighted by molar-refractivity contribution is 7.99. The van der Waals surface area contributed by atoms with Gasteiger partial charge in [-0.1, -0.05) is 35.5 Å². The van der Waals surface area contributed by atoms with Crippen molar-refractivity contribution in [3.05, 3.63) is 59.4 Å². The molecule has 3 rings (SSSR count). The number of carbonyl (C=O) groups excluding carboxylic acids is 1. The summed E-state index contributed by atoms with van der Waals surface area (Å²) in [7, 11) is 1.85. The van der Waals surface area contributed by atoms with E-state index in [-0.39, 0.29) is 11.7 Å². The molecule has 0 fully saturated rings. The van der Waals surface area contributed by atoms with E-state index in [1.807, 2.05) is 29.8 Å². The van der Waals surface area contributed by atoms with E-state index in [2.05, 4.69) is 25.7 Å². The van der Waals surface area contributed by atoms with Crippen molar-refractivity contribution in [3.63, 3.8) is 0 Å². The monoisotopic (exact) mass is 386 g/mol. The van der Waals surface area contributed by atoms with Crippen LogP contribution in [-0.4, -0.2) is 37.6 Å². The van der Waals surface area contributed by atoms with Crippen molar-refractivity contribution in [2.75, 3.05) is 5.75 Å². The van der Waals surface area contributed by atoms with Gasteiger partial charge in [-0.15, -0.1) is 10.2 Å². The second kappa shape index (κ2) is 8.59. The number of nitrogens with one attached hydrogen (secondary N) is 1. The van der Waals surface area contributed by atoms with Gasteiger partial charge < -0.3 is 4.57 Å². The second-order valence-corrected chi connectivity index (χ2v) is 6.62. The molecule has 0 atom stereocenters. The summed E-state index contributed by atoms with van der Waals surface area (Å²) in [5.74, 6) is 0.633. The molecule has 0 aliphatic rings. The molecule has 0 aliphatic heterocycles. The van der Waals surface area contributed by atoms with Crippen LogP contribution in [0.2, 0.25) is 5.02 Å². The summed E-state index contributed by atoms with van der Waals surface area (Å²) < 4.78 is 1.82. The highest BCUT2D eigenvalue weighted by Gasteiger charge is 2.13. The molecule has 3 aromatic rings. The fourth-order valence-electron chi connectivity index (χ4n) is 2.11. The Morgan fingerprint density at radius 2 is 2.12 bits per heavy atom. The third-order valence-corrected chi connectivity index (χ3v) is 4.61. The SMILES string of the molecule is Cn1c(SCC(=O)N/N=C\c2ccncc2)nnc1-c1cccc(Cl)c1. The number of hydrazone groups is 1. The molecular weight excluding hydrogens is 372 g/mol. The number of hydrogen-bond acceptors (Lipinski definition) is 6. The van der Waals surface area contributed by atoms with E-state index in [1.54, 1.807) is 36.8 Å². The lowest BCUT2D eigenvalue weighted by Crippen LogP contribution is -2.19. The first-order valence-electron chi connectivity index (χ1n) is 7.63. The Morgan fingerprint density at radius 3 is 2.88 bits per heavy atom. The zero-order valence-electron chi connectivity index (χ0n) is 13.8. The topological polar surface area (TPSA) is 85.1 Å². The van der Waals surface area contributed by atoms with Crippen molar-refractivity contribution in [2.45, 2.75) is 5.16 Å². The highest BCUT2D eigenvalue weighted by atomic mass is 35.5. The van der Waals surface area contributed by atoms with E-state index in [4.69, 9.17) is 11.6 Å². The van der Waals surface area contributed by atoms with Crippen LogP contribution >= 0.6 is 23.4 Å². The summed E-state index contributed by atoms with van der Waals surface area (Å²) in [6, 6.07) is 11.0. The van der Waals surface area contributed by atoms with E-state index in [0.29, 0.717) is 16.0 Å². The summed E-state index contributed by atoms with van der Waals surface area (Å²) in [6.07, 6.45) is 4.87. The van der Waals surface area contributed by atoms with Gasteiger partial charge in [0.25, 0.3) is 5.91 Å². The molecule has 132 valence electrons. The van der Waals surface area contributed by atoms with Gasteiger partial charge >= 0.3 is 0 Å². The van der Waals surface area contributed by atoms with Crippen LogP contribution in [0.1, 0.15) is 5.56 Å². The number of benzene rings is 1. The Hall–Kier alpha value is -2.71. The molecule has 1 N–H and O–H groups in total. The Labute approximate surface area is 159 Å². The normalized spacial score (nSPS) is 11.0. The molecule has 1 aromatic carbocycles. The first kappa shape index (κ1) is 18.1. The summed E-state index contributed by atoms with van der Waals surface area (Å²) in [4.78, 5) is 15.8. The van der Waals surface area contributed by atoms with Crippen LogP contribution < -0.4 is 5.43 Å². The summed E-state index contributed by atoms with van der Waals surface area (Å²) in [5, 5.41) is 13.5. The average Bonchev–Trinajstić information content (AvgIpc) is 3.01. The molecule has 0 bridgehead atoms. The smallest absolute Gasteiger partial charge is 0.250 e. The molecular formula is C17H15ClN6OS. The number of pyridine rings is 1. The van der Waals surface area contributed by atoms with Gasteiger partial charge in [-0.2, -0.15) is 5.10 Å². The van der Waals surface area contributed by atoms with Crippen molar-refractivity contribution in [3.8, 4) is 11.4 Å². The molecule has 9 heteroatoms. The zero-order chi connectivity index (χ0) is 18.4. The molecule has 0 unspecified atom stereocenters. The van der Waals surface area contributed by atoms with Gasteiger partial charge in [0.2, 0.25) is 0 Å². The summed E-state index contributed by atoms with van der Waals surface area (Å²) in [6.45, 7) is 0. The zero-order valence-corrected chi connectivity index (χ0v) is 15.4. The Morgan fingerprint density at radius 1 is 1.31 bits per heavy atom. The maximum absolute atomic E-state index is 11.9. The van der Waals surface area contributed by atoms with Crippen LogP contribution in [0.4, 0.5) is 0 Å². The molecule has 1 amide bonds. The van der Waals surface area contributed by atoms with Gasteiger partial charge in [-0.25, -0.2) is 5.43 Å². The quantitative estimate of drug-likeness (QED) is 0.400. The van der Waals surface area contributed by atoms with Gasteiger partial charge in [-0.3, -0.25) is 9.78 Å². The van der Waals surface area contributed by atoms with Gasteiger partial charge in [-0.05, 0) is 29.8 Å². The predicted molar refractivity (Wildman–Crippen MR) is 102 cm³/mol. The van der Waals surface area contributed by atoms with Crippen molar-refractivity contribution in [2.24, 2.45) is 12.1 Å². The predicted octanol–water partition coefficient (Wildman–Crippen LogP) is 2.77. The van der Waals surface area contributed by atoms with Crippen LogP contribution in [-0.2, 0) is 11.8 Å². The lowest BCUT2D eigenvalue weighted by molar-refractivity contribution is -0.118. The lowest BCUT2D eigenvalue weighted by Gasteiger charge is -2.04. The van der Waals surface area contributed by atoms with Crippen molar-refractivity contribution in [1.29, 1.82) is 0 Å². The first-order chi connectivity index (χ1) is 12.6. The van der Waals surface area contributed by atoms with Gasteiger partial charge in [0.1, 0.15) is 0 Å². The fraction of sp³-hybridized carbons (Fsp3) is 0.118. The minimum Gasteiger partial charge on any atom is -0.305 e. The van der Waals surface area contributed by atoms with Crippen molar-refractivity contribution >= 4 is 35.5 Å². The number of thioether (sulfide) groups is 1. The Bertz CT molecular complexity index is 928. The van der Waals surface area contributed by atoms with Crippen LogP contribution in [0.5, 0.6) is 0 Å². The highest BCUT2D eigenvalue weighted by Crippen LogP contribution is 2.24. The number of rotatable bonds is 6. The van der Waals surface area contributed by atoms with Gasteiger partial charge in [0, 0.05) is 30.0 Å². The summed E-state index contributed by atoms with van der Waals surface area (Å²) >= 11 is 7.30. The minimum atomic E-state index is -0.229. The molecule has 0 saturated carbocycles. The average molecular weight is 387 g/mol. The standard InChI is InChI=1S/C17H15ClN6OS/c1-24-16(13-3-2-4-14(18)9-13)22-23-17(24)26-11-15(25)21-20-10-12-5-7-19-8-6-12/h2-10H,11H2,1H3,(H,21,25)/b20-10-. The van der Waals surface area contributed by atoms with E-state index in [0.717, 1.165) is 11.1 Å². The second-order valence-electron chi connectivity index (χ2n) is 5.24. The molecule has 2 aromatic heterocycles. The van der Waals surface area contributed by atoms with E-state index in [9.17, 15) is 4.79 Å². The van der Waals surface area contributed by atoms with E-state index >= 15 is 0 Å². The van der Waals surface area contributed by atoms with E-state index in [1.165, 1.54) is 11.8 Å². The maximum Gasteiger partial charge on any atom is 0.250 e. The maximum atomic E-state index is 11.9. The molecule has 26 heavy (non-hydrogen) atoms. The minimum absolute atomic E-state index is 0.176. The van der Waals surface area contributed by atoms with Gasteiger partial charge in [0.15, 0.2) is 11.0 Å². The third kappa shape index (κ3) is 4.68. The van der Waals surface area contributed by atoms with Crippen LogP contribution in [0, 0.1) is 0 Å². The van der Waals surface area contributed by atoms with Crippen LogP contribution in [0.15, 0.2) is 59.0 Å². The van der Waals surface area contributed by atoms with E-state index < -0.39 is 0 Å². The van der Waals surface area contributed by atoms with Crippen molar-refractivity contribution < 1.29 is 4.79 Å². The lowest BCUT2D eigenvalue weighted by atomic mass is 10.2. The molecule has 2 heterocycles. The fourth-order valence-corrected chi connectivity index (χ4v) is 3.00. The number of hydrogen-bond donors (Lipinski definition) is 1. The summed E-state index contributed by atoms with van der Waals surface area (Å²) in [5.41, 5.74) is 4.20. The number of amides is 1. The molecule has 0 aliphatic carbocycles.